The zero-order valence-electron chi connectivity index (χ0n) is 7.97. The quantitative estimate of drug-likeness (QED) is 0.681. The molecular weight excluding hydrogens is 210 g/mol. The lowest BCUT2D eigenvalue weighted by Gasteiger charge is -2.10. The lowest BCUT2D eigenvalue weighted by Crippen LogP contribution is -2.29. The Bertz CT molecular complexity index is 397. The first-order valence-electron chi connectivity index (χ1n) is 3.62. The van der Waals surface area contributed by atoms with Gasteiger partial charge in [0.25, 0.3) is 0 Å². The molecule has 14 heavy (non-hydrogen) atoms. The number of rotatable bonds is 4. The Labute approximate surface area is 81.5 Å². The second-order valence-corrected chi connectivity index (χ2v) is 4.44. The van der Waals surface area contributed by atoms with Crippen LogP contribution in [0.2, 0.25) is 0 Å². The van der Waals surface area contributed by atoms with Gasteiger partial charge < -0.3 is 4.74 Å². The average molecular weight is 221 g/mol. The van der Waals surface area contributed by atoms with Gasteiger partial charge >= 0.3 is 16.2 Å². The molecule has 0 saturated carbocycles. The van der Waals surface area contributed by atoms with Crippen LogP contribution < -0.4 is 9.46 Å². The second-order valence-electron chi connectivity index (χ2n) is 2.56. The van der Waals surface area contributed by atoms with Crippen LogP contribution in [-0.2, 0) is 10.2 Å². The first-order valence-corrected chi connectivity index (χ1v) is 5.06. The van der Waals surface area contributed by atoms with Crippen LogP contribution in [0.25, 0.3) is 0 Å². The summed E-state index contributed by atoms with van der Waals surface area (Å²) >= 11 is 0. The van der Waals surface area contributed by atoms with Crippen molar-refractivity contribution in [2.24, 2.45) is 0 Å². The van der Waals surface area contributed by atoms with Crippen LogP contribution in [0.3, 0.4) is 0 Å². The highest BCUT2D eigenvalue weighted by atomic mass is 32.2. The van der Waals surface area contributed by atoms with Gasteiger partial charge in [-0.3, -0.25) is 0 Å². The fourth-order valence-corrected chi connectivity index (χ4v) is 1.12. The Kier molecular flexibility index (Phi) is 2.91. The maximum Gasteiger partial charge on any atom is 0.336 e. The molecule has 0 radical (unpaired) electrons. The molecule has 0 saturated heterocycles. The summed E-state index contributed by atoms with van der Waals surface area (Å²) in [5.41, 5.74) is 0. The minimum atomic E-state index is -3.55. The van der Waals surface area contributed by atoms with Gasteiger partial charge in [-0.05, 0) is 0 Å². The second kappa shape index (κ2) is 3.80. The fourth-order valence-electron chi connectivity index (χ4n) is 0.597. The third-order valence-corrected chi connectivity index (χ3v) is 2.77. The molecule has 0 fully saturated rings. The van der Waals surface area contributed by atoms with Crippen molar-refractivity contribution in [2.45, 2.75) is 0 Å². The molecule has 0 aromatic carbocycles. The van der Waals surface area contributed by atoms with Gasteiger partial charge in [0.1, 0.15) is 0 Å². The molecule has 0 aliphatic heterocycles. The molecule has 0 amide bonds. The zero-order chi connectivity index (χ0) is 10.8. The van der Waals surface area contributed by atoms with Crippen molar-refractivity contribution in [2.75, 3.05) is 25.9 Å². The van der Waals surface area contributed by atoms with E-state index in [1.807, 2.05) is 0 Å². The monoisotopic (exact) mass is 221 g/mol. The summed E-state index contributed by atoms with van der Waals surface area (Å²) in [5, 5.41) is 5.94. The Balaban J connectivity index is 2.79. The van der Waals surface area contributed by atoms with E-state index in [0.29, 0.717) is 0 Å². The van der Waals surface area contributed by atoms with Crippen LogP contribution in [-0.4, -0.2) is 49.1 Å². The molecule has 0 spiro atoms. The van der Waals surface area contributed by atoms with E-state index >= 15 is 0 Å². The summed E-state index contributed by atoms with van der Waals surface area (Å²) in [5.74, 6) is 0.00977. The van der Waals surface area contributed by atoms with Crippen molar-refractivity contribution in [1.82, 2.24) is 19.5 Å². The molecule has 1 heterocycles. The van der Waals surface area contributed by atoms with Crippen molar-refractivity contribution in [3.63, 3.8) is 0 Å². The molecule has 8 nitrogen and oxygen atoms in total. The average Bonchev–Trinajstić information content (AvgIpc) is 2.51. The normalized spacial score (nSPS) is 11.7. The largest absolute Gasteiger partial charge is 0.466 e. The van der Waals surface area contributed by atoms with E-state index in [1.165, 1.54) is 21.2 Å². The first kappa shape index (κ1) is 10.7. The number of hydrogen-bond donors (Lipinski definition) is 2. The van der Waals surface area contributed by atoms with E-state index in [9.17, 15) is 8.42 Å². The number of aromatic nitrogens is 3. The van der Waals surface area contributed by atoms with Gasteiger partial charge in [0.15, 0.2) is 0 Å². The maximum atomic E-state index is 11.3. The highest BCUT2D eigenvalue weighted by molar-refractivity contribution is 7.90. The lowest BCUT2D eigenvalue weighted by atomic mass is 11.1. The van der Waals surface area contributed by atoms with Crippen LogP contribution in [0.1, 0.15) is 0 Å². The van der Waals surface area contributed by atoms with Crippen LogP contribution >= 0.6 is 0 Å². The summed E-state index contributed by atoms with van der Waals surface area (Å²) < 4.78 is 30.4. The standard InChI is InChI=1S/C5H11N5O3S/c1-10(2)14(11,12)9-4-6-5(13-3)8-7-4/h1-3H3,(H2,6,7,8,9). The molecule has 0 aliphatic carbocycles. The number of H-pyrrole nitrogens is 1. The van der Waals surface area contributed by atoms with E-state index in [0.717, 1.165) is 4.31 Å². The number of nitrogens with zero attached hydrogens (tertiary/aromatic N) is 3. The first-order chi connectivity index (χ1) is 6.45. The third-order valence-electron chi connectivity index (χ3n) is 1.35. The number of aromatic amines is 1. The van der Waals surface area contributed by atoms with Gasteiger partial charge in [-0.1, -0.05) is 0 Å². The van der Waals surface area contributed by atoms with E-state index in [-0.39, 0.29) is 12.0 Å². The summed E-state index contributed by atoms with van der Waals surface area (Å²) in [7, 11) is 0.628. The highest BCUT2D eigenvalue weighted by Crippen LogP contribution is 2.07. The highest BCUT2D eigenvalue weighted by Gasteiger charge is 2.15. The van der Waals surface area contributed by atoms with Crippen molar-refractivity contribution < 1.29 is 13.2 Å². The molecule has 0 bridgehead atoms. The fraction of sp³-hybridized carbons (Fsp3) is 0.600. The summed E-state index contributed by atoms with van der Waals surface area (Å²) in [6.07, 6.45) is 0. The molecule has 1 aromatic heterocycles. The predicted molar refractivity (Wildman–Crippen MR) is 49.2 cm³/mol. The summed E-state index contributed by atoms with van der Waals surface area (Å²) in [6.45, 7) is 0. The minimum Gasteiger partial charge on any atom is -0.466 e. The Morgan fingerprint density at radius 3 is 2.57 bits per heavy atom. The Hall–Kier alpha value is -1.35. The van der Waals surface area contributed by atoms with Crippen molar-refractivity contribution in [3.05, 3.63) is 0 Å². The van der Waals surface area contributed by atoms with Gasteiger partial charge in [0, 0.05) is 14.1 Å². The lowest BCUT2D eigenvalue weighted by molar-refractivity contribution is 0.382. The molecule has 80 valence electrons. The molecule has 1 rings (SSSR count). The van der Waals surface area contributed by atoms with Crippen molar-refractivity contribution in [1.29, 1.82) is 0 Å². The number of nitrogens with one attached hydrogen (secondary N) is 2. The molecule has 0 atom stereocenters. The molecule has 1 aromatic rings. The summed E-state index contributed by atoms with van der Waals surface area (Å²) in [6, 6.07) is 0.0708. The van der Waals surface area contributed by atoms with Crippen LogP contribution in [0, 0.1) is 0 Å². The predicted octanol–water partition coefficient (Wildman–Crippen LogP) is -0.968. The number of ether oxygens (including phenoxy) is 1. The molecule has 0 unspecified atom stereocenters. The van der Waals surface area contributed by atoms with E-state index in [1.54, 1.807) is 0 Å². The zero-order valence-corrected chi connectivity index (χ0v) is 8.79. The number of anilines is 1. The van der Waals surface area contributed by atoms with Crippen molar-refractivity contribution in [3.8, 4) is 6.01 Å². The Morgan fingerprint density at radius 2 is 2.14 bits per heavy atom. The molecule has 0 aliphatic rings. The van der Waals surface area contributed by atoms with E-state index < -0.39 is 10.2 Å². The molecule has 9 heteroatoms. The van der Waals surface area contributed by atoms with Gasteiger partial charge in [-0.15, -0.1) is 5.10 Å². The SMILES string of the molecule is COc1n[nH]c(NS(=O)(=O)N(C)C)n1. The van der Waals surface area contributed by atoms with Gasteiger partial charge in [-0.25, -0.2) is 9.82 Å². The molecular formula is C5H11N5O3S. The van der Waals surface area contributed by atoms with Crippen LogP contribution in [0.4, 0.5) is 5.95 Å². The number of hydrogen-bond acceptors (Lipinski definition) is 5. The van der Waals surface area contributed by atoms with Gasteiger partial charge in [-0.2, -0.15) is 17.7 Å². The van der Waals surface area contributed by atoms with Gasteiger partial charge in [0.2, 0.25) is 5.95 Å². The molecule has 2 N–H and O–H groups in total. The number of methoxy groups -OCH3 is 1. The smallest absolute Gasteiger partial charge is 0.336 e. The topological polar surface area (TPSA) is 100 Å². The van der Waals surface area contributed by atoms with Gasteiger partial charge in [0.05, 0.1) is 7.11 Å². The third kappa shape index (κ3) is 2.33. The summed E-state index contributed by atoms with van der Waals surface area (Å²) in [4.78, 5) is 3.69. The maximum absolute atomic E-state index is 11.3. The Morgan fingerprint density at radius 1 is 1.50 bits per heavy atom. The van der Waals surface area contributed by atoms with E-state index in [4.69, 9.17) is 0 Å². The van der Waals surface area contributed by atoms with Crippen LogP contribution in [0.5, 0.6) is 6.01 Å². The van der Waals surface area contributed by atoms with E-state index in [2.05, 4.69) is 24.6 Å². The minimum absolute atomic E-state index is 0.00977. The van der Waals surface area contributed by atoms with Crippen molar-refractivity contribution >= 4 is 16.2 Å². The van der Waals surface area contributed by atoms with Crippen LogP contribution in [0.15, 0.2) is 0 Å².